The van der Waals surface area contributed by atoms with Crippen LogP contribution in [-0.2, 0) is 29.2 Å². The molecule has 1 heterocycles. The fourth-order valence-corrected chi connectivity index (χ4v) is 3.78. The minimum atomic E-state index is -1.12. The summed E-state index contributed by atoms with van der Waals surface area (Å²) in [6, 6.07) is 18.1. The summed E-state index contributed by atoms with van der Waals surface area (Å²) in [6.45, 7) is -0.132. The van der Waals surface area contributed by atoms with Crippen LogP contribution in [0.15, 0.2) is 71.3 Å². The molecule has 0 spiro atoms. The number of benzene rings is 3. The summed E-state index contributed by atoms with van der Waals surface area (Å²) >= 11 is 0. The minimum absolute atomic E-state index is 0.0241. The molecule has 8 heteroatoms. The predicted molar refractivity (Wildman–Crippen MR) is 125 cm³/mol. The van der Waals surface area contributed by atoms with Crippen molar-refractivity contribution in [3.8, 4) is 22.6 Å². The molecule has 0 radical (unpaired) electrons. The fraction of sp³-hybridized carbons (Fsp3) is 0.154. The maximum absolute atomic E-state index is 11.2. The van der Waals surface area contributed by atoms with Crippen LogP contribution in [0.1, 0.15) is 16.7 Å². The van der Waals surface area contributed by atoms with Gasteiger partial charge in [-0.2, -0.15) is 0 Å². The molecule has 0 fully saturated rings. The maximum Gasteiger partial charge on any atom is 0.341 e. The van der Waals surface area contributed by atoms with E-state index in [0.29, 0.717) is 40.1 Å². The summed E-state index contributed by atoms with van der Waals surface area (Å²) in [6.07, 6.45) is 1.33. The summed E-state index contributed by atoms with van der Waals surface area (Å²) in [5.74, 6) is -1.33. The molecular formula is C26H23NO7. The van der Waals surface area contributed by atoms with Gasteiger partial charge >= 0.3 is 11.9 Å². The maximum atomic E-state index is 11.2. The third-order valence-corrected chi connectivity index (χ3v) is 5.28. The van der Waals surface area contributed by atoms with Crippen molar-refractivity contribution in [1.82, 2.24) is 0 Å². The van der Waals surface area contributed by atoms with Crippen molar-refractivity contribution < 1.29 is 33.7 Å². The van der Waals surface area contributed by atoms with E-state index in [0.717, 1.165) is 16.7 Å². The number of para-hydroxylation sites is 1. The highest BCUT2D eigenvalue weighted by molar-refractivity contribution is 5.97. The number of carbonyl (C=O) groups is 2. The highest BCUT2D eigenvalue weighted by Gasteiger charge is 2.19. The number of furan rings is 1. The van der Waals surface area contributed by atoms with Crippen LogP contribution in [0.2, 0.25) is 0 Å². The Balaban J connectivity index is 1.78. The van der Waals surface area contributed by atoms with Crippen molar-refractivity contribution in [1.29, 1.82) is 0 Å². The van der Waals surface area contributed by atoms with E-state index in [-0.39, 0.29) is 13.0 Å². The zero-order valence-corrected chi connectivity index (χ0v) is 18.2. The van der Waals surface area contributed by atoms with Crippen LogP contribution in [0.5, 0.6) is 11.5 Å². The second kappa shape index (κ2) is 10.1. The van der Waals surface area contributed by atoms with Gasteiger partial charge in [0.2, 0.25) is 0 Å². The summed E-state index contributed by atoms with van der Waals surface area (Å²) in [7, 11) is 0. The molecule has 4 N–H and O–H groups in total. The Labute approximate surface area is 195 Å². The second-order valence-corrected chi connectivity index (χ2v) is 7.63. The molecular weight excluding hydrogens is 438 g/mol. The van der Waals surface area contributed by atoms with Gasteiger partial charge in [0.25, 0.3) is 0 Å². The molecule has 0 aliphatic carbocycles. The van der Waals surface area contributed by atoms with Gasteiger partial charge in [-0.05, 0) is 35.4 Å². The largest absolute Gasteiger partial charge is 0.488 e. The van der Waals surface area contributed by atoms with Crippen LogP contribution in [-0.4, -0.2) is 28.8 Å². The van der Waals surface area contributed by atoms with Crippen molar-refractivity contribution in [3.63, 3.8) is 0 Å². The second-order valence-electron chi connectivity index (χ2n) is 7.63. The third-order valence-electron chi connectivity index (χ3n) is 5.28. The van der Waals surface area contributed by atoms with Gasteiger partial charge in [0, 0.05) is 23.2 Å². The van der Waals surface area contributed by atoms with Gasteiger partial charge in [0.15, 0.2) is 6.61 Å². The monoisotopic (exact) mass is 461 g/mol. The highest BCUT2D eigenvalue weighted by Crippen LogP contribution is 2.39. The number of aliphatic carboxylic acids is 2. The molecule has 4 aromatic rings. The quantitative estimate of drug-likeness (QED) is 0.320. The number of ether oxygens (including phenoxy) is 2. The number of fused-ring (bicyclic) bond motifs is 1. The van der Waals surface area contributed by atoms with Crippen LogP contribution in [0.3, 0.4) is 0 Å². The molecule has 0 aliphatic heterocycles. The molecule has 0 bridgehead atoms. The molecule has 3 aromatic carbocycles. The molecule has 34 heavy (non-hydrogen) atoms. The van der Waals surface area contributed by atoms with Gasteiger partial charge in [0.1, 0.15) is 23.7 Å². The van der Waals surface area contributed by atoms with Gasteiger partial charge in [-0.3, -0.25) is 4.79 Å². The Hall–Kier alpha value is -4.30. The average molecular weight is 461 g/mol. The average Bonchev–Trinajstić information content (AvgIpc) is 3.31. The topological polar surface area (TPSA) is 132 Å². The van der Waals surface area contributed by atoms with Gasteiger partial charge in [-0.1, -0.05) is 36.4 Å². The van der Waals surface area contributed by atoms with Crippen molar-refractivity contribution in [2.45, 2.75) is 19.6 Å². The summed E-state index contributed by atoms with van der Waals surface area (Å²) in [5, 5.41) is 19.0. The zero-order valence-electron chi connectivity index (χ0n) is 18.2. The van der Waals surface area contributed by atoms with Gasteiger partial charge in [0.05, 0.1) is 18.1 Å². The molecule has 0 aliphatic rings. The number of carboxylic acid groups (broad SMARTS) is 2. The Morgan fingerprint density at radius 1 is 0.912 bits per heavy atom. The number of nitrogens with two attached hydrogens (primary N) is 1. The van der Waals surface area contributed by atoms with Crippen LogP contribution in [0.25, 0.3) is 22.1 Å². The first kappa shape index (κ1) is 22.9. The van der Waals surface area contributed by atoms with E-state index < -0.39 is 18.5 Å². The van der Waals surface area contributed by atoms with E-state index in [4.69, 9.17) is 24.7 Å². The fourth-order valence-electron chi connectivity index (χ4n) is 3.78. The van der Waals surface area contributed by atoms with E-state index in [1.165, 1.54) is 6.26 Å². The smallest absolute Gasteiger partial charge is 0.341 e. The van der Waals surface area contributed by atoms with E-state index in [9.17, 15) is 14.7 Å². The molecule has 4 rings (SSSR count). The normalized spacial score (nSPS) is 10.9. The molecule has 0 saturated carbocycles. The van der Waals surface area contributed by atoms with E-state index in [1.54, 1.807) is 30.3 Å². The molecule has 174 valence electrons. The Morgan fingerprint density at radius 3 is 2.50 bits per heavy atom. The third kappa shape index (κ3) is 5.02. The standard InChI is InChI=1S/C26H23NO7/c27-13-16-4-3-6-17(10-16)21-11-19(14-33-22-7-2-1-5-18(22)12-23(28)29)25(34-15-24(30)31)20-8-9-32-26(20)21/h1-11H,12-15,27H2,(H,28,29)(H,30,31). The van der Waals surface area contributed by atoms with Crippen LogP contribution >= 0.6 is 0 Å². The van der Waals surface area contributed by atoms with E-state index in [1.807, 2.05) is 30.3 Å². The van der Waals surface area contributed by atoms with Crippen molar-refractivity contribution in [3.05, 3.63) is 83.6 Å². The van der Waals surface area contributed by atoms with Gasteiger partial charge in [-0.25, -0.2) is 4.79 Å². The summed E-state index contributed by atoms with van der Waals surface area (Å²) in [5.41, 5.74) is 10.1. The lowest BCUT2D eigenvalue weighted by molar-refractivity contribution is -0.139. The number of hydrogen-bond donors (Lipinski definition) is 3. The first-order valence-corrected chi connectivity index (χ1v) is 10.6. The summed E-state index contributed by atoms with van der Waals surface area (Å²) in [4.78, 5) is 22.4. The molecule has 0 unspecified atom stereocenters. The number of carboxylic acids is 2. The van der Waals surface area contributed by atoms with Crippen molar-refractivity contribution in [2.24, 2.45) is 5.73 Å². The zero-order chi connectivity index (χ0) is 24.1. The molecule has 0 amide bonds. The SMILES string of the molecule is NCc1cccc(-c2cc(COc3ccccc3CC(=O)O)c(OCC(=O)O)c3ccoc23)c1. The Kier molecular flexibility index (Phi) is 6.79. The van der Waals surface area contributed by atoms with Gasteiger partial charge in [-0.15, -0.1) is 0 Å². The Morgan fingerprint density at radius 2 is 1.74 bits per heavy atom. The van der Waals surface area contributed by atoms with Crippen molar-refractivity contribution in [2.75, 3.05) is 6.61 Å². The lowest BCUT2D eigenvalue weighted by Crippen LogP contribution is -2.12. The first-order chi connectivity index (χ1) is 16.5. The van der Waals surface area contributed by atoms with Crippen molar-refractivity contribution >= 4 is 22.9 Å². The highest BCUT2D eigenvalue weighted by atomic mass is 16.5. The lowest BCUT2D eigenvalue weighted by atomic mass is 9.98. The van der Waals surface area contributed by atoms with Gasteiger partial charge < -0.3 is 29.8 Å². The van der Waals surface area contributed by atoms with Crippen LogP contribution in [0.4, 0.5) is 0 Å². The minimum Gasteiger partial charge on any atom is -0.488 e. The lowest BCUT2D eigenvalue weighted by Gasteiger charge is -2.16. The number of rotatable bonds is 10. The van der Waals surface area contributed by atoms with Crippen LogP contribution in [0, 0.1) is 0 Å². The predicted octanol–water partition coefficient (Wildman–Crippen LogP) is 4.23. The van der Waals surface area contributed by atoms with E-state index in [2.05, 4.69) is 0 Å². The number of hydrogen-bond acceptors (Lipinski definition) is 6. The van der Waals surface area contributed by atoms with E-state index >= 15 is 0 Å². The first-order valence-electron chi connectivity index (χ1n) is 10.6. The van der Waals surface area contributed by atoms with Crippen LogP contribution < -0.4 is 15.2 Å². The summed E-state index contributed by atoms with van der Waals surface area (Å²) < 4.78 is 17.4. The molecule has 0 saturated heterocycles. The molecule has 0 atom stereocenters. The Bertz CT molecular complexity index is 1340. The molecule has 1 aromatic heterocycles. The molecule has 8 nitrogen and oxygen atoms in total.